The third kappa shape index (κ3) is 3.10. The van der Waals surface area contributed by atoms with E-state index in [9.17, 15) is 9.18 Å². The smallest absolute Gasteiger partial charge is 0.270 e. The Kier molecular flexibility index (Phi) is 4.15. The molecule has 4 rings (SSSR count). The van der Waals surface area contributed by atoms with Gasteiger partial charge in [0.15, 0.2) is 5.82 Å². The number of aromatic nitrogens is 2. The zero-order valence-corrected chi connectivity index (χ0v) is 14.0. The molecule has 0 spiro atoms. The monoisotopic (exact) mass is 355 g/mol. The third-order valence-electron chi connectivity index (χ3n) is 3.90. The Hall–Kier alpha value is -2.80. The SMILES string of the molecule is O=C1c2sc(COc3ccccc3)nc2CCN1c1ccncc1F. The summed E-state index contributed by atoms with van der Waals surface area (Å²) in [7, 11) is 0. The lowest BCUT2D eigenvalue weighted by molar-refractivity contribution is 0.0983. The molecule has 0 fully saturated rings. The van der Waals surface area contributed by atoms with Crippen LogP contribution >= 0.6 is 11.3 Å². The number of carbonyl (C=O) groups is 1. The maximum atomic E-state index is 13.9. The molecule has 0 aliphatic carbocycles. The van der Waals surface area contributed by atoms with E-state index in [1.54, 1.807) is 0 Å². The van der Waals surface area contributed by atoms with Gasteiger partial charge in [0, 0.05) is 19.2 Å². The molecule has 0 atom stereocenters. The maximum absolute atomic E-state index is 13.9. The summed E-state index contributed by atoms with van der Waals surface area (Å²) in [6.45, 7) is 0.702. The quantitative estimate of drug-likeness (QED) is 0.719. The first kappa shape index (κ1) is 15.7. The number of hydrogen-bond acceptors (Lipinski definition) is 5. The molecular formula is C18H14FN3O2S. The van der Waals surface area contributed by atoms with Crippen molar-refractivity contribution >= 4 is 22.9 Å². The Morgan fingerprint density at radius 3 is 2.88 bits per heavy atom. The minimum atomic E-state index is -0.503. The Balaban J connectivity index is 1.54. The molecular weight excluding hydrogens is 341 g/mol. The van der Waals surface area contributed by atoms with E-state index in [1.165, 1.54) is 28.5 Å². The molecule has 5 nitrogen and oxygen atoms in total. The Morgan fingerprint density at radius 1 is 1.24 bits per heavy atom. The fourth-order valence-electron chi connectivity index (χ4n) is 2.72. The molecule has 3 aromatic rings. The number of amides is 1. The van der Waals surface area contributed by atoms with Crippen LogP contribution in [0.4, 0.5) is 10.1 Å². The molecule has 1 aromatic carbocycles. The van der Waals surface area contributed by atoms with Crippen LogP contribution in [0.5, 0.6) is 5.75 Å². The van der Waals surface area contributed by atoms with Gasteiger partial charge < -0.3 is 9.64 Å². The molecule has 0 bridgehead atoms. The average Bonchev–Trinajstić information content (AvgIpc) is 3.06. The summed E-state index contributed by atoms with van der Waals surface area (Å²) < 4.78 is 19.6. The van der Waals surface area contributed by atoms with Crippen molar-refractivity contribution in [1.82, 2.24) is 9.97 Å². The first-order valence-corrected chi connectivity index (χ1v) is 8.62. The minimum absolute atomic E-state index is 0.227. The van der Waals surface area contributed by atoms with E-state index >= 15 is 0 Å². The van der Waals surface area contributed by atoms with Gasteiger partial charge in [0.25, 0.3) is 5.91 Å². The number of halogens is 1. The van der Waals surface area contributed by atoms with E-state index < -0.39 is 5.82 Å². The molecule has 0 radical (unpaired) electrons. The second kappa shape index (κ2) is 6.60. The van der Waals surface area contributed by atoms with Crippen molar-refractivity contribution in [2.75, 3.05) is 11.4 Å². The highest BCUT2D eigenvalue weighted by Crippen LogP contribution is 2.30. The summed E-state index contributed by atoms with van der Waals surface area (Å²) in [6, 6.07) is 11.0. The van der Waals surface area contributed by atoms with E-state index in [0.29, 0.717) is 24.4 Å². The molecule has 1 aliphatic rings. The molecule has 126 valence electrons. The number of benzene rings is 1. The van der Waals surface area contributed by atoms with E-state index in [-0.39, 0.29) is 11.6 Å². The van der Waals surface area contributed by atoms with Crippen LogP contribution in [0.15, 0.2) is 48.8 Å². The van der Waals surface area contributed by atoms with Crippen LogP contribution in [0.25, 0.3) is 0 Å². The van der Waals surface area contributed by atoms with E-state index in [0.717, 1.165) is 22.6 Å². The Morgan fingerprint density at radius 2 is 2.08 bits per heavy atom. The highest BCUT2D eigenvalue weighted by molar-refractivity contribution is 7.14. The van der Waals surface area contributed by atoms with Crippen molar-refractivity contribution in [2.24, 2.45) is 0 Å². The number of anilines is 1. The lowest BCUT2D eigenvalue weighted by Crippen LogP contribution is -2.37. The van der Waals surface area contributed by atoms with Crippen molar-refractivity contribution in [3.05, 3.63) is 70.2 Å². The predicted molar refractivity (Wildman–Crippen MR) is 92.5 cm³/mol. The number of para-hydroxylation sites is 1. The summed E-state index contributed by atoms with van der Waals surface area (Å²) in [5, 5.41) is 0.735. The van der Waals surface area contributed by atoms with Crippen molar-refractivity contribution < 1.29 is 13.9 Å². The summed E-state index contributed by atoms with van der Waals surface area (Å²) >= 11 is 1.30. The topological polar surface area (TPSA) is 55.3 Å². The molecule has 1 aliphatic heterocycles. The predicted octanol–water partition coefficient (Wildman–Crippen LogP) is 3.46. The van der Waals surface area contributed by atoms with Gasteiger partial charge in [-0.2, -0.15) is 0 Å². The standard InChI is InChI=1S/C18H14FN3O2S/c19-13-10-20-8-6-15(13)22-9-7-14-17(18(22)23)25-16(21-14)11-24-12-4-2-1-3-5-12/h1-6,8,10H,7,9,11H2. The number of carbonyl (C=O) groups excluding carboxylic acids is 1. The van der Waals surface area contributed by atoms with Gasteiger partial charge in [-0.05, 0) is 18.2 Å². The van der Waals surface area contributed by atoms with Crippen molar-refractivity contribution in [2.45, 2.75) is 13.0 Å². The van der Waals surface area contributed by atoms with E-state index in [4.69, 9.17) is 4.74 Å². The molecule has 2 aromatic heterocycles. The average molecular weight is 355 g/mol. The fourth-order valence-corrected chi connectivity index (χ4v) is 3.69. The van der Waals surface area contributed by atoms with Gasteiger partial charge in [0.1, 0.15) is 22.2 Å². The molecule has 3 heterocycles. The normalized spacial score (nSPS) is 13.6. The summed E-state index contributed by atoms with van der Waals surface area (Å²) in [6.07, 6.45) is 3.18. The van der Waals surface area contributed by atoms with Crippen LogP contribution in [0.1, 0.15) is 20.4 Å². The van der Waals surface area contributed by atoms with Crippen LogP contribution in [-0.2, 0) is 13.0 Å². The first-order valence-electron chi connectivity index (χ1n) is 7.80. The van der Waals surface area contributed by atoms with Crippen molar-refractivity contribution in [3.63, 3.8) is 0 Å². The maximum Gasteiger partial charge on any atom is 0.270 e. The van der Waals surface area contributed by atoms with Gasteiger partial charge in [-0.1, -0.05) is 18.2 Å². The van der Waals surface area contributed by atoms with E-state index in [2.05, 4.69) is 9.97 Å². The number of pyridine rings is 1. The van der Waals surface area contributed by atoms with Crippen molar-refractivity contribution in [3.8, 4) is 5.75 Å². The van der Waals surface area contributed by atoms with Gasteiger partial charge in [0.05, 0.1) is 17.6 Å². The number of nitrogens with zero attached hydrogens (tertiary/aromatic N) is 3. The van der Waals surface area contributed by atoms with Gasteiger partial charge in [-0.3, -0.25) is 9.78 Å². The van der Waals surface area contributed by atoms with Gasteiger partial charge >= 0.3 is 0 Å². The Labute approximate surface area is 147 Å². The molecule has 0 saturated carbocycles. The highest BCUT2D eigenvalue weighted by atomic mass is 32.1. The number of rotatable bonds is 4. The molecule has 0 unspecified atom stereocenters. The lowest BCUT2D eigenvalue weighted by Gasteiger charge is -2.26. The number of thiazole rings is 1. The van der Waals surface area contributed by atoms with Crippen LogP contribution in [-0.4, -0.2) is 22.4 Å². The number of ether oxygens (including phenoxy) is 1. The number of hydrogen-bond donors (Lipinski definition) is 0. The zero-order valence-electron chi connectivity index (χ0n) is 13.2. The second-order valence-electron chi connectivity index (χ2n) is 5.52. The van der Waals surface area contributed by atoms with E-state index in [1.807, 2.05) is 30.3 Å². The summed E-state index contributed by atoms with van der Waals surface area (Å²) in [5.74, 6) is 0.0220. The van der Waals surface area contributed by atoms with Crippen LogP contribution in [0.3, 0.4) is 0 Å². The Bertz CT molecular complexity index is 914. The molecule has 0 N–H and O–H groups in total. The largest absolute Gasteiger partial charge is 0.486 e. The van der Waals surface area contributed by atoms with Crippen molar-refractivity contribution in [1.29, 1.82) is 0 Å². The minimum Gasteiger partial charge on any atom is -0.486 e. The summed E-state index contributed by atoms with van der Waals surface area (Å²) in [4.78, 5) is 23.0. The number of fused-ring (bicyclic) bond motifs is 1. The first-order chi connectivity index (χ1) is 12.2. The fraction of sp³-hybridized carbons (Fsp3) is 0.167. The van der Waals surface area contributed by atoms with Gasteiger partial charge in [-0.25, -0.2) is 9.37 Å². The third-order valence-corrected chi connectivity index (χ3v) is 4.96. The highest BCUT2D eigenvalue weighted by Gasteiger charge is 2.30. The van der Waals surface area contributed by atoms with Gasteiger partial charge in [0.2, 0.25) is 0 Å². The summed E-state index contributed by atoms with van der Waals surface area (Å²) in [5.41, 5.74) is 1.01. The zero-order chi connectivity index (χ0) is 17.2. The van der Waals surface area contributed by atoms with Crippen LogP contribution in [0.2, 0.25) is 0 Å². The molecule has 7 heteroatoms. The lowest BCUT2D eigenvalue weighted by atomic mass is 10.1. The molecule has 0 saturated heterocycles. The van der Waals surface area contributed by atoms with Gasteiger partial charge in [-0.15, -0.1) is 11.3 Å². The van der Waals surface area contributed by atoms with Crippen LogP contribution in [0, 0.1) is 5.82 Å². The second-order valence-corrected chi connectivity index (χ2v) is 6.60. The van der Waals surface area contributed by atoms with Crippen LogP contribution < -0.4 is 9.64 Å². The molecule has 1 amide bonds. The molecule has 25 heavy (non-hydrogen) atoms.